The first-order valence-electron chi connectivity index (χ1n) is 12.1. The molecular formula is C26H33Cl3FN5O5S. The average Bonchev–Trinajstić information content (AvgIpc) is 2.82. The molecule has 2 aromatic carbocycles. The molecule has 3 N–H and O–H groups in total. The first-order chi connectivity index (χ1) is 17.8. The Kier molecular flexibility index (Phi) is 12.6. The molecule has 10 nitrogen and oxygen atoms in total. The summed E-state index contributed by atoms with van der Waals surface area (Å²) in [5.74, 6) is -1.43. The Balaban J connectivity index is 0.00000280. The molecule has 3 aromatic rings. The lowest BCUT2D eigenvalue weighted by atomic mass is 10.1. The van der Waals surface area contributed by atoms with Crippen molar-refractivity contribution >= 4 is 81.5 Å². The van der Waals surface area contributed by atoms with Gasteiger partial charge in [-0.3, -0.25) is 14.4 Å². The van der Waals surface area contributed by atoms with Crippen molar-refractivity contribution in [1.29, 1.82) is 0 Å². The van der Waals surface area contributed by atoms with Crippen LogP contribution in [0.25, 0.3) is 10.9 Å². The molecule has 1 saturated heterocycles. The Morgan fingerprint density at radius 2 is 1.66 bits per heavy atom. The number of carbonyl (C=O) groups is 2. The number of hydrogen-bond acceptors (Lipinski definition) is 7. The number of halogens is 4. The van der Waals surface area contributed by atoms with Crippen LogP contribution < -0.4 is 14.9 Å². The number of pyridine rings is 1. The zero-order valence-electron chi connectivity index (χ0n) is 22.6. The van der Waals surface area contributed by atoms with Gasteiger partial charge in [0.25, 0.3) is 10.0 Å². The number of nitrogens with zero attached hydrogens (tertiary/aromatic N) is 3. The molecular weight excluding hydrogens is 620 g/mol. The highest BCUT2D eigenvalue weighted by atomic mass is 35.5. The molecule has 0 unspecified atom stereocenters. The van der Waals surface area contributed by atoms with Crippen LogP contribution in [-0.2, 0) is 14.8 Å². The fraction of sp³-hybridized carbons (Fsp3) is 0.346. The van der Waals surface area contributed by atoms with Gasteiger partial charge in [-0.1, -0.05) is 6.07 Å². The SMILES string of the molecule is CC(C)(C)NC(=O)CN1CCN(c2cc(C(=O)O)c3cc(NS(=O)(=O)c4cccc(F)c4)ccc3n2)CC1.Cl.Cl.Cl. The predicted molar refractivity (Wildman–Crippen MR) is 164 cm³/mol. The topological polar surface area (TPSA) is 132 Å². The summed E-state index contributed by atoms with van der Waals surface area (Å²) in [5.41, 5.74) is 0.186. The Morgan fingerprint density at radius 3 is 2.24 bits per heavy atom. The summed E-state index contributed by atoms with van der Waals surface area (Å²) in [6.45, 7) is 8.41. The van der Waals surface area contributed by atoms with Crippen LogP contribution in [0.1, 0.15) is 31.1 Å². The van der Waals surface area contributed by atoms with Crippen LogP contribution in [0, 0.1) is 5.82 Å². The van der Waals surface area contributed by atoms with Crippen LogP contribution in [0.15, 0.2) is 53.4 Å². The van der Waals surface area contributed by atoms with Crippen molar-refractivity contribution in [3.63, 3.8) is 0 Å². The van der Waals surface area contributed by atoms with Crippen LogP contribution in [0.3, 0.4) is 0 Å². The van der Waals surface area contributed by atoms with Crippen molar-refractivity contribution in [1.82, 2.24) is 15.2 Å². The monoisotopic (exact) mass is 651 g/mol. The van der Waals surface area contributed by atoms with E-state index in [9.17, 15) is 27.5 Å². The van der Waals surface area contributed by atoms with Crippen molar-refractivity contribution in [2.45, 2.75) is 31.2 Å². The number of sulfonamides is 1. The number of hydrogen-bond donors (Lipinski definition) is 3. The minimum absolute atomic E-state index is 0. The van der Waals surface area contributed by atoms with Gasteiger partial charge in [-0.15, -0.1) is 37.2 Å². The molecule has 0 atom stereocenters. The van der Waals surface area contributed by atoms with Gasteiger partial charge in [0.15, 0.2) is 0 Å². The van der Waals surface area contributed by atoms with E-state index >= 15 is 0 Å². The molecule has 1 amide bonds. The van der Waals surface area contributed by atoms with E-state index in [1.165, 1.54) is 30.3 Å². The van der Waals surface area contributed by atoms with Crippen molar-refractivity contribution < 1.29 is 27.5 Å². The zero-order valence-corrected chi connectivity index (χ0v) is 25.9. The van der Waals surface area contributed by atoms with Gasteiger partial charge in [-0.2, -0.15) is 0 Å². The molecule has 0 spiro atoms. The molecule has 1 fully saturated rings. The van der Waals surface area contributed by atoms with E-state index in [1.54, 1.807) is 6.07 Å². The molecule has 1 aliphatic heterocycles. The first-order valence-corrected chi connectivity index (χ1v) is 13.5. The van der Waals surface area contributed by atoms with Crippen LogP contribution in [0.4, 0.5) is 15.9 Å². The molecule has 0 radical (unpaired) electrons. The van der Waals surface area contributed by atoms with Crippen LogP contribution in [-0.4, -0.2) is 73.5 Å². The van der Waals surface area contributed by atoms with Crippen molar-refractivity contribution in [2.75, 3.05) is 42.3 Å². The van der Waals surface area contributed by atoms with Crippen molar-refractivity contribution in [3.8, 4) is 0 Å². The van der Waals surface area contributed by atoms with Gasteiger partial charge in [-0.25, -0.2) is 22.6 Å². The maximum atomic E-state index is 13.5. The second-order valence-corrected chi connectivity index (χ2v) is 11.9. The normalized spacial score (nSPS) is 13.8. The van der Waals surface area contributed by atoms with Crippen LogP contribution >= 0.6 is 37.2 Å². The van der Waals surface area contributed by atoms with E-state index < -0.39 is 21.8 Å². The summed E-state index contributed by atoms with van der Waals surface area (Å²) < 4.78 is 41.3. The highest BCUT2D eigenvalue weighted by Crippen LogP contribution is 2.28. The van der Waals surface area contributed by atoms with E-state index in [0.29, 0.717) is 37.5 Å². The van der Waals surface area contributed by atoms with E-state index in [2.05, 4.69) is 15.0 Å². The van der Waals surface area contributed by atoms with Gasteiger partial charge in [0.2, 0.25) is 5.91 Å². The minimum Gasteiger partial charge on any atom is -0.478 e. The number of nitrogens with one attached hydrogen (secondary N) is 2. The third-order valence-corrected chi connectivity index (χ3v) is 7.34. The fourth-order valence-corrected chi connectivity index (χ4v) is 5.34. The number of aromatic nitrogens is 1. The number of carboxylic acid groups (broad SMARTS) is 1. The fourth-order valence-electron chi connectivity index (χ4n) is 4.26. The van der Waals surface area contributed by atoms with E-state index in [0.717, 1.165) is 12.1 Å². The number of carboxylic acids is 1. The van der Waals surface area contributed by atoms with Crippen molar-refractivity contribution in [2.24, 2.45) is 0 Å². The lowest BCUT2D eigenvalue weighted by Crippen LogP contribution is -2.52. The summed E-state index contributed by atoms with van der Waals surface area (Å²) >= 11 is 0. The highest BCUT2D eigenvalue weighted by Gasteiger charge is 2.24. The number of benzene rings is 2. The summed E-state index contributed by atoms with van der Waals surface area (Å²) in [7, 11) is -4.09. The molecule has 1 aliphatic rings. The van der Waals surface area contributed by atoms with Gasteiger partial charge in [0, 0.05) is 42.8 Å². The Labute approximate surface area is 257 Å². The number of carbonyl (C=O) groups excluding carboxylic acids is 1. The van der Waals surface area contributed by atoms with Gasteiger partial charge in [0.1, 0.15) is 11.6 Å². The van der Waals surface area contributed by atoms with E-state index in [-0.39, 0.29) is 76.7 Å². The second-order valence-electron chi connectivity index (χ2n) is 10.2. The summed E-state index contributed by atoms with van der Waals surface area (Å²) in [4.78, 5) is 32.7. The number of fused-ring (bicyclic) bond motifs is 1. The minimum atomic E-state index is -4.09. The molecule has 0 aliphatic carbocycles. The quantitative estimate of drug-likeness (QED) is 0.347. The Morgan fingerprint density at radius 1 is 1.00 bits per heavy atom. The second kappa shape index (κ2) is 14.3. The molecule has 1 aromatic heterocycles. The average molecular weight is 653 g/mol. The maximum absolute atomic E-state index is 13.5. The number of aromatic carboxylic acids is 1. The number of anilines is 2. The standard InChI is InChI=1S/C26H30FN5O5S.3ClH/c1-26(2,3)29-24(33)16-31-9-11-32(12-10-31)23-15-21(25(34)35)20-14-18(7-8-22(20)28-23)30-38(36,37)19-6-4-5-17(27)13-19;;;/h4-8,13-15,30H,9-12,16H2,1-3H3,(H,29,33)(H,34,35);3*1H. The Bertz CT molecular complexity index is 1500. The number of rotatable bonds is 7. The van der Waals surface area contributed by atoms with Gasteiger partial charge >= 0.3 is 5.97 Å². The van der Waals surface area contributed by atoms with E-state index in [4.69, 9.17) is 0 Å². The lowest BCUT2D eigenvalue weighted by molar-refractivity contribution is -0.123. The highest BCUT2D eigenvalue weighted by molar-refractivity contribution is 7.92. The molecule has 15 heteroatoms. The predicted octanol–water partition coefficient (Wildman–Crippen LogP) is 4.18. The molecule has 0 bridgehead atoms. The summed E-state index contributed by atoms with van der Waals surface area (Å²) in [6, 6.07) is 10.5. The largest absolute Gasteiger partial charge is 0.478 e. The molecule has 226 valence electrons. The van der Waals surface area contributed by atoms with Crippen LogP contribution in [0.5, 0.6) is 0 Å². The van der Waals surface area contributed by atoms with Gasteiger partial charge < -0.3 is 15.3 Å². The number of amides is 1. The lowest BCUT2D eigenvalue weighted by Gasteiger charge is -2.35. The maximum Gasteiger partial charge on any atom is 0.336 e. The van der Waals surface area contributed by atoms with E-state index in [1.807, 2.05) is 30.6 Å². The van der Waals surface area contributed by atoms with Crippen LogP contribution in [0.2, 0.25) is 0 Å². The smallest absolute Gasteiger partial charge is 0.336 e. The Hall–Kier alpha value is -2.90. The van der Waals surface area contributed by atoms with Gasteiger partial charge in [0.05, 0.1) is 22.5 Å². The van der Waals surface area contributed by atoms with Crippen molar-refractivity contribution in [3.05, 3.63) is 59.9 Å². The molecule has 2 heterocycles. The third kappa shape index (κ3) is 9.30. The first kappa shape index (κ1) is 36.1. The summed E-state index contributed by atoms with van der Waals surface area (Å²) in [6.07, 6.45) is 0. The zero-order chi connectivity index (χ0) is 27.7. The third-order valence-electron chi connectivity index (χ3n) is 5.96. The van der Waals surface area contributed by atoms with Gasteiger partial charge in [-0.05, 0) is 63.2 Å². The molecule has 41 heavy (non-hydrogen) atoms. The molecule has 0 saturated carbocycles. The number of piperazine rings is 1. The summed E-state index contributed by atoms with van der Waals surface area (Å²) in [5, 5.41) is 13.1. The molecule has 4 rings (SSSR count).